The Kier molecular flexibility index (Phi) is 4.60. The predicted molar refractivity (Wildman–Crippen MR) is 89.7 cm³/mol. The average Bonchev–Trinajstić information content (AvgIpc) is 2.58. The zero-order valence-corrected chi connectivity index (χ0v) is 12.9. The maximum absolute atomic E-state index is 11.5. The van der Waals surface area contributed by atoms with Crippen LogP contribution in [0.5, 0.6) is 23.0 Å². The van der Waals surface area contributed by atoms with Crippen molar-refractivity contribution in [2.45, 2.75) is 0 Å². The first-order valence-electron chi connectivity index (χ1n) is 7.02. The van der Waals surface area contributed by atoms with E-state index in [0.717, 1.165) is 0 Å². The van der Waals surface area contributed by atoms with Crippen molar-refractivity contribution in [2.75, 3.05) is 0 Å². The summed E-state index contributed by atoms with van der Waals surface area (Å²) in [5, 5.41) is -0.568. The minimum Gasteiger partial charge on any atom is -0.453 e. The highest BCUT2D eigenvalue weighted by molar-refractivity contribution is 6.68. The molecule has 3 aromatic carbocycles. The maximum Gasteiger partial charge on any atom is 0.256 e. The van der Waals surface area contributed by atoms with Crippen LogP contribution in [0, 0.1) is 0 Å². The van der Waals surface area contributed by atoms with Crippen molar-refractivity contribution < 1.29 is 14.3 Å². The van der Waals surface area contributed by atoms with E-state index in [4.69, 9.17) is 21.1 Å². The molecule has 0 aliphatic carbocycles. The van der Waals surface area contributed by atoms with Gasteiger partial charge in [-0.1, -0.05) is 42.5 Å². The normalized spacial score (nSPS) is 10.1. The van der Waals surface area contributed by atoms with Crippen LogP contribution in [0.3, 0.4) is 0 Å². The van der Waals surface area contributed by atoms with Crippen molar-refractivity contribution in [1.82, 2.24) is 0 Å². The largest absolute Gasteiger partial charge is 0.453 e. The molecule has 114 valence electrons. The van der Waals surface area contributed by atoms with Gasteiger partial charge in [-0.15, -0.1) is 0 Å². The molecule has 0 spiro atoms. The molecule has 0 heterocycles. The van der Waals surface area contributed by atoms with Crippen LogP contribution in [0.15, 0.2) is 78.9 Å². The minimum absolute atomic E-state index is 0.309. The van der Waals surface area contributed by atoms with E-state index >= 15 is 0 Å². The summed E-state index contributed by atoms with van der Waals surface area (Å²) in [6.45, 7) is 0. The Hall–Kier alpha value is -2.78. The van der Waals surface area contributed by atoms with Crippen molar-refractivity contribution in [3.05, 3.63) is 84.4 Å². The maximum atomic E-state index is 11.5. The zero-order chi connectivity index (χ0) is 16.1. The highest BCUT2D eigenvalue weighted by Gasteiger charge is 2.13. The van der Waals surface area contributed by atoms with Gasteiger partial charge in [0.2, 0.25) is 0 Å². The van der Waals surface area contributed by atoms with Gasteiger partial charge in [-0.25, -0.2) is 0 Å². The first-order chi connectivity index (χ1) is 11.2. The molecule has 0 aliphatic heterocycles. The SMILES string of the molecule is O=C(Cl)c1ccccc1Oc1ccccc1Oc1ccccc1. The van der Waals surface area contributed by atoms with Gasteiger partial charge in [0.25, 0.3) is 5.24 Å². The van der Waals surface area contributed by atoms with Crippen molar-refractivity contribution in [2.24, 2.45) is 0 Å². The molecule has 3 nitrogen and oxygen atoms in total. The Morgan fingerprint density at radius 1 is 0.652 bits per heavy atom. The lowest BCUT2D eigenvalue weighted by atomic mass is 10.2. The third-order valence-corrected chi connectivity index (χ3v) is 3.34. The summed E-state index contributed by atoms with van der Waals surface area (Å²) in [6.07, 6.45) is 0. The molecule has 0 aromatic heterocycles. The lowest BCUT2D eigenvalue weighted by Gasteiger charge is -2.13. The van der Waals surface area contributed by atoms with E-state index in [1.165, 1.54) is 0 Å². The van der Waals surface area contributed by atoms with E-state index in [2.05, 4.69) is 0 Å². The lowest BCUT2D eigenvalue weighted by molar-refractivity contribution is 0.107. The molecule has 4 heteroatoms. The third-order valence-electron chi connectivity index (χ3n) is 3.14. The Morgan fingerprint density at radius 3 is 1.83 bits per heavy atom. The van der Waals surface area contributed by atoms with Crippen LogP contribution in [0.25, 0.3) is 0 Å². The van der Waals surface area contributed by atoms with Crippen molar-refractivity contribution in [3.63, 3.8) is 0 Å². The number of carbonyl (C=O) groups excluding carboxylic acids is 1. The van der Waals surface area contributed by atoms with Gasteiger partial charge < -0.3 is 9.47 Å². The van der Waals surface area contributed by atoms with Crippen LogP contribution in [-0.2, 0) is 0 Å². The lowest BCUT2D eigenvalue weighted by Crippen LogP contribution is -1.96. The zero-order valence-electron chi connectivity index (χ0n) is 12.1. The van der Waals surface area contributed by atoms with Gasteiger partial charge >= 0.3 is 0 Å². The van der Waals surface area contributed by atoms with Crippen LogP contribution < -0.4 is 9.47 Å². The number of rotatable bonds is 5. The molecule has 3 rings (SSSR count). The van der Waals surface area contributed by atoms with Crippen molar-refractivity contribution >= 4 is 16.8 Å². The van der Waals surface area contributed by atoms with E-state index in [-0.39, 0.29) is 0 Å². The number of halogens is 1. The molecule has 0 N–H and O–H groups in total. The molecular weight excluding hydrogens is 312 g/mol. The van der Waals surface area contributed by atoms with E-state index in [1.807, 2.05) is 42.5 Å². The van der Waals surface area contributed by atoms with Crippen LogP contribution >= 0.6 is 11.6 Å². The summed E-state index contributed by atoms with van der Waals surface area (Å²) in [6, 6.07) is 23.5. The van der Waals surface area contributed by atoms with Crippen LogP contribution in [0.1, 0.15) is 10.4 Å². The highest BCUT2D eigenvalue weighted by atomic mass is 35.5. The molecular formula is C19H13ClO3. The monoisotopic (exact) mass is 324 g/mol. The van der Waals surface area contributed by atoms with E-state index in [0.29, 0.717) is 28.6 Å². The fourth-order valence-electron chi connectivity index (χ4n) is 2.07. The van der Waals surface area contributed by atoms with E-state index in [1.54, 1.807) is 36.4 Å². The standard InChI is InChI=1S/C19H13ClO3/c20-19(21)15-10-4-5-11-16(15)23-18-13-7-6-12-17(18)22-14-8-2-1-3-9-14/h1-13H. The molecule has 0 bridgehead atoms. The second-order valence-corrected chi connectivity index (χ2v) is 5.08. The number of hydrogen-bond donors (Lipinski definition) is 0. The topological polar surface area (TPSA) is 35.5 Å². The smallest absolute Gasteiger partial charge is 0.256 e. The second kappa shape index (κ2) is 6.99. The van der Waals surface area contributed by atoms with E-state index < -0.39 is 5.24 Å². The molecule has 0 atom stereocenters. The van der Waals surface area contributed by atoms with Gasteiger partial charge in [-0.2, -0.15) is 0 Å². The molecule has 0 amide bonds. The summed E-state index contributed by atoms with van der Waals surface area (Å²) in [5.74, 6) is 2.14. The minimum atomic E-state index is -0.568. The summed E-state index contributed by atoms with van der Waals surface area (Å²) in [7, 11) is 0. The average molecular weight is 325 g/mol. The van der Waals surface area contributed by atoms with E-state index in [9.17, 15) is 4.79 Å². The number of benzene rings is 3. The highest BCUT2D eigenvalue weighted by Crippen LogP contribution is 2.35. The van der Waals surface area contributed by atoms with Crippen LogP contribution in [0.4, 0.5) is 0 Å². The molecule has 0 fully saturated rings. The Morgan fingerprint density at radius 2 is 1.17 bits per heavy atom. The first-order valence-corrected chi connectivity index (χ1v) is 7.40. The molecule has 0 unspecified atom stereocenters. The van der Waals surface area contributed by atoms with Gasteiger partial charge in [0, 0.05) is 0 Å². The second-order valence-electron chi connectivity index (χ2n) is 4.73. The van der Waals surface area contributed by atoms with Crippen LogP contribution in [-0.4, -0.2) is 5.24 Å². The molecule has 0 radical (unpaired) electrons. The molecule has 3 aromatic rings. The van der Waals surface area contributed by atoms with Crippen LogP contribution in [0.2, 0.25) is 0 Å². The molecule has 23 heavy (non-hydrogen) atoms. The van der Waals surface area contributed by atoms with Gasteiger partial charge in [0.15, 0.2) is 11.5 Å². The first kappa shape index (κ1) is 15.1. The number of para-hydroxylation sites is 4. The summed E-state index contributed by atoms with van der Waals surface area (Å²) < 4.78 is 11.7. The summed E-state index contributed by atoms with van der Waals surface area (Å²) in [4.78, 5) is 11.5. The predicted octanol–water partition coefficient (Wildman–Crippen LogP) is 5.65. The molecule has 0 saturated carbocycles. The van der Waals surface area contributed by atoms with Gasteiger partial charge in [0.05, 0.1) is 5.56 Å². The third kappa shape index (κ3) is 3.71. The molecule has 0 saturated heterocycles. The fraction of sp³-hybridized carbons (Fsp3) is 0. The van der Waals surface area contributed by atoms with Gasteiger partial charge in [0.1, 0.15) is 11.5 Å². The Balaban J connectivity index is 1.91. The Labute approximate surface area is 139 Å². The van der Waals surface area contributed by atoms with Gasteiger partial charge in [-0.05, 0) is 48.0 Å². The van der Waals surface area contributed by atoms with Crippen molar-refractivity contribution in [3.8, 4) is 23.0 Å². The number of ether oxygens (including phenoxy) is 2. The molecule has 0 aliphatic rings. The van der Waals surface area contributed by atoms with Crippen molar-refractivity contribution in [1.29, 1.82) is 0 Å². The summed E-state index contributed by atoms with van der Waals surface area (Å²) >= 11 is 5.59. The number of hydrogen-bond acceptors (Lipinski definition) is 3. The quantitative estimate of drug-likeness (QED) is 0.569. The summed E-state index contributed by atoms with van der Waals surface area (Å²) in [5.41, 5.74) is 0.309. The fourth-order valence-corrected chi connectivity index (χ4v) is 2.23. The Bertz CT molecular complexity index is 816. The number of carbonyl (C=O) groups is 1. The van der Waals surface area contributed by atoms with Gasteiger partial charge in [-0.3, -0.25) is 4.79 Å².